The zero-order valence-corrected chi connectivity index (χ0v) is 17.2. The van der Waals surface area contributed by atoms with E-state index in [1.807, 2.05) is 0 Å². The monoisotopic (exact) mass is 420 g/mol. The number of rotatable bonds is 8. The van der Waals surface area contributed by atoms with Crippen molar-refractivity contribution in [1.82, 2.24) is 21.3 Å². The molecule has 1 fully saturated rings. The van der Waals surface area contributed by atoms with E-state index in [-0.39, 0.29) is 48.6 Å². The lowest BCUT2D eigenvalue weighted by atomic mass is 9.81. The van der Waals surface area contributed by atoms with Crippen LogP contribution in [0.15, 0.2) is 23.8 Å². The van der Waals surface area contributed by atoms with Gasteiger partial charge in [0.05, 0.1) is 23.2 Å². The van der Waals surface area contributed by atoms with Gasteiger partial charge in [0.2, 0.25) is 0 Å². The van der Waals surface area contributed by atoms with E-state index in [0.29, 0.717) is 30.7 Å². The minimum atomic E-state index is -0.488. The largest absolute Gasteiger partial charge is 0.459 e. The quantitative estimate of drug-likeness (QED) is 0.390. The zero-order chi connectivity index (χ0) is 21.7. The van der Waals surface area contributed by atoms with Crippen LogP contribution in [0.4, 0.5) is 0 Å². The summed E-state index contributed by atoms with van der Waals surface area (Å²) in [6.07, 6.45) is 4.73. The van der Waals surface area contributed by atoms with Gasteiger partial charge in [-0.25, -0.2) is 0 Å². The highest BCUT2D eigenvalue weighted by atomic mass is 16.5. The van der Waals surface area contributed by atoms with Crippen molar-refractivity contribution in [2.24, 2.45) is 11.8 Å². The molecule has 3 rings (SSSR count). The summed E-state index contributed by atoms with van der Waals surface area (Å²) < 4.78 is 10.7. The molecule has 0 aromatic carbocycles. The Morgan fingerprint density at radius 2 is 1.27 bits per heavy atom. The van der Waals surface area contributed by atoms with Crippen molar-refractivity contribution < 1.29 is 28.7 Å². The molecule has 0 radical (unpaired) electrons. The lowest BCUT2D eigenvalue weighted by molar-refractivity contribution is -0.154. The Kier molecular flexibility index (Phi) is 6.96. The topological polar surface area (TPSA) is 135 Å². The van der Waals surface area contributed by atoms with Crippen molar-refractivity contribution in [2.75, 3.05) is 13.2 Å². The summed E-state index contributed by atoms with van der Waals surface area (Å²) in [6.45, 7) is 3.02. The van der Waals surface area contributed by atoms with E-state index in [9.17, 15) is 19.2 Å². The molecule has 30 heavy (non-hydrogen) atoms. The van der Waals surface area contributed by atoms with Gasteiger partial charge in [-0.3, -0.25) is 19.2 Å². The number of esters is 2. The molecule has 4 N–H and O–H groups in total. The van der Waals surface area contributed by atoms with Gasteiger partial charge in [-0.2, -0.15) is 0 Å². The zero-order valence-electron chi connectivity index (χ0n) is 17.2. The summed E-state index contributed by atoms with van der Waals surface area (Å²) in [5.41, 5.74) is 1.26. The van der Waals surface area contributed by atoms with Crippen LogP contribution in [0.3, 0.4) is 0 Å². The lowest BCUT2D eigenvalue weighted by Crippen LogP contribution is -2.39. The van der Waals surface area contributed by atoms with Gasteiger partial charge in [-0.05, 0) is 33.1 Å². The van der Waals surface area contributed by atoms with Crippen molar-refractivity contribution in [2.45, 2.75) is 51.9 Å². The Hall–Kier alpha value is -3.04. The maximum atomic E-state index is 12.4. The van der Waals surface area contributed by atoms with Crippen LogP contribution >= 0.6 is 0 Å². The Labute approximate surface area is 174 Å². The molecule has 3 aliphatic rings. The fraction of sp³-hybridized carbons (Fsp3) is 0.600. The number of hydrogen-bond donors (Lipinski definition) is 4. The summed E-state index contributed by atoms with van der Waals surface area (Å²) in [4.78, 5) is 47.5. The Balaban J connectivity index is 1.40. The molecule has 164 valence electrons. The van der Waals surface area contributed by atoms with Crippen LogP contribution in [-0.4, -0.2) is 49.1 Å². The van der Waals surface area contributed by atoms with Crippen LogP contribution in [-0.2, 0) is 28.7 Å². The molecule has 0 saturated heterocycles. The normalized spacial score (nSPS) is 27.4. The number of ketones is 2. The minimum absolute atomic E-state index is 0.0470. The van der Waals surface area contributed by atoms with Gasteiger partial charge in [-0.1, -0.05) is 6.42 Å². The van der Waals surface area contributed by atoms with Crippen molar-refractivity contribution >= 4 is 23.5 Å². The van der Waals surface area contributed by atoms with Crippen LogP contribution < -0.4 is 21.3 Å². The first-order valence-corrected chi connectivity index (χ1v) is 10.1. The highest BCUT2D eigenvalue weighted by molar-refractivity contribution is 5.82. The molecule has 0 aromatic heterocycles. The van der Waals surface area contributed by atoms with Crippen LogP contribution in [0, 0.1) is 11.8 Å². The van der Waals surface area contributed by atoms with Gasteiger partial charge in [0, 0.05) is 12.4 Å². The fourth-order valence-corrected chi connectivity index (χ4v) is 3.66. The molecule has 10 nitrogen and oxygen atoms in total. The Morgan fingerprint density at radius 1 is 0.833 bits per heavy atom. The third kappa shape index (κ3) is 5.52. The van der Waals surface area contributed by atoms with E-state index in [4.69, 9.17) is 9.47 Å². The second-order valence-corrected chi connectivity index (χ2v) is 7.82. The lowest BCUT2D eigenvalue weighted by Gasteiger charge is -2.26. The van der Waals surface area contributed by atoms with Crippen molar-refractivity contribution in [3.63, 3.8) is 0 Å². The van der Waals surface area contributed by atoms with Crippen LogP contribution in [0.25, 0.3) is 0 Å². The summed E-state index contributed by atoms with van der Waals surface area (Å²) in [6, 6.07) is 0. The van der Waals surface area contributed by atoms with E-state index in [1.165, 1.54) is 13.8 Å². The molecule has 10 heteroatoms. The predicted molar refractivity (Wildman–Crippen MR) is 105 cm³/mol. The molecular formula is C20H28N4O6. The van der Waals surface area contributed by atoms with Gasteiger partial charge < -0.3 is 30.7 Å². The first kappa shape index (κ1) is 21.7. The maximum Gasteiger partial charge on any atom is 0.309 e. The molecule has 2 aliphatic heterocycles. The first-order valence-electron chi connectivity index (χ1n) is 10.1. The molecule has 0 spiro atoms. The number of nitrogens with one attached hydrogen (secondary N) is 4. The molecule has 0 bridgehead atoms. The van der Waals surface area contributed by atoms with Crippen molar-refractivity contribution in [3.05, 3.63) is 23.8 Å². The predicted octanol–water partition coefficient (Wildman–Crippen LogP) is -0.222. The number of carbonyl (C=O) groups excluding carboxylic acids is 4. The van der Waals surface area contributed by atoms with E-state index < -0.39 is 12.3 Å². The highest BCUT2D eigenvalue weighted by Crippen LogP contribution is 2.31. The standard InChI is InChI=1S/C20H28N4O6/c1-11(25)17-21-7-15(23-17)9-29-19(27)13-4-3-5-14(6-13)20(28)30-10-16-8-22-18(24-16)12(2)26/h7-8,13-14,17-18,21-24H,3-6,9-10H2,1-2H3. The Bertz CT molecular complexity index is 715. The number of hydrogen-bond acceptors (Lipinski definition) is 10. The van der Waals surface area contributed by atoms with E-state index in [0.717, 1.165) is 6.42 Å². The fourth-order valence-electron chi connectivity index (χ4n) is 3.66. The second-order valence-electron chi connectivity index (χ2n) is 7.82. The van der Waals surface area contributed by atoms with Gasteiger partial charge >= 0.3 is 11.9 Å². The number of carbonyl (C=O) groups is 4. The maximum absolute atomic E-state index is 12.4. The van der Waals surface area contributed by atoms with E-state index in [1.54, 1.807) is 12.4 Å². The molecule has 1 aliphatic carbocycles. The highest BCUT2D eigenvalue weighted by Gasteiger charge is 2.33. The van der Waals surface area contributed by atoms with Gasteiger partial charge in [-0.15, -0.1) is 0 Å². The van der Waals surface area contributed by atoms with Crippen molar-refractivity contribution in [3.8, 4) is 0 Å². The Morgan fingerprint density at radius 3 is 1.63 bits per heavy atom. The van der Waals surface area contributed by atoms with Gasteiger partial charge in [0.25, 0.3) is 0 Å². The molecule has 0 aromatic rings. The minimum Gasteiger partial charge on any atom is -0.459 e. The molecular weight excluding hydrogens is 392 g/mol. The third-order valence-electron chi connectivity index (χ3n) is 5.40. The summed E-state index contributed by atoms with van der Waals surface area (Å²) in [5, 5.41) is 11.6. The second kappa shape index (κ2) is 9.64. The van der Waals surface area contributed by atoms with E-state index >= 15 is 0 Å². The third-order valence-corrected chi connectivity index (χ3v) is 5.40. The summed E-state index contributed by atoms with van der Waals surface area (Å²) >= 11 is 0. The van der Waals surface area contributed by atoms with E-state index in [2.05, 4.69) is 21.3 Å². The average molecular weight is 420 g/mol. The number of ether oxygens (including phenoxy) is 2. The van der Waals surface area contributed by atoms with Crippen molar-refractivity contribution in [1.29, 1.82) is 0 Å². The van der Waals surface area contributed by atoms with Crippen LogP contribution in [0.2, 0.25) is 0 Å². The first-order chi connectivity index (χ1) is 14.3. The molecule has 2 heterocycles. The molecule has 0 amide bonds. The van der Waals surface area contributed by atoms with Crippen LogP contribution in [0.1, 0.15) is 39.5 Å². The molecule has 4 atom stereocenters. The molecule has 4 unspecified atom stereocenters. The summed E-state index contributed by atoms with van der Waals surface area (Å²) in [5.74, 6) is -1.54. The van der Waals surface area contributed by atoms with Crippen LogP contribution in [0.5, 0.6) is 0 Å². The smallest absolute Gasteiger partial charge is 0.309 e. The SMILES string of the molecule is CC(=O)C1NC=C(COC(=O)C2CCCC(C(=O)OCC3=CNC(C(C)=O)N3)C2)N1. The average Bonchev–Trinajstić information content (AvgIpc) is 3.40. The van der Waals surface area contributed by atoms with Gasteiger partial charge in [0.15, 0.2) is 23.9 Å². The molecule has 1 saturated carbocycles. The van der Waals surface area contributed by atoms with Gasteiger partial charge in [0.1, 0.15) is 13.2 Å². The number of Topliss-reactive ketones (excluding diaryl/α,β-unsaturated/α-hetero) is 2. The summed E-state index contributed by atoms with van der Waals surface area (Å²) in [7, 11) is 0.